The largest absolute Gasteiger partial charge is 0.344 e. The lowest BCUT2D eigenvalue weighted by molar-refractivity contribution is -0.121. The third-order valence-electron chi connectivity index (χ3n) is 1.33. The van der Waals surface area contributed by atoms with E-state index >= 15 is 0 Å². The van der Waals surface area contributed by atoms with Gasteiger partial charge in [-0.3, -0.25) is 4.79 Å². The zero-order valence-corrected chi connectivity index (χ0v) is 6.66. The minimum Gasteiger partial charge on any atom is -0.344 e. The zero-order chi connectivity index (χ0) is 6.85. The van der Waals surface area contributed by atoms with Gasteiger partial charge in [0, 0.05) is 0 Å². The first-order valence-electron chi connectivity index (χ1n) is 2.86. The smallest absolute Gasteiger partial charge is 0.233 e. The molecule has 2 nitrogen and oxygen atoms in total. The Bertz CT molecular complexity index is 128. The van der Waals surface area contributed by atoms with E-state index in [-0.39, 0.29) is 16.5 Å². The van der Waals surface area contributed by atoms with E-state index in [1.165, 1.54) is 0 Å². The van der Waals surface area contributed by atoms with E-state index in [9.17, 15) is 4.79 Å². The summed E-state index contributed by atoms with van der Waals surface area (Å²) in [6, 6.07) is 0. The quantitative estimate of drug-likeness (QED) is 0.445. The van der Waals surface area contributed by atoms with Crippen LogP contribution in [0.25, 0.3) is 0 Å². The molecule has 1 aliphatic rings. The standard InChI is InChI=1S/C5H9NOS2/c7-5-3(8)1-2-4(9)6-5/h3-4,8-9H,1-2H2,(H,6,7). The predicted molar refractivity (Wildman–Crippen MR) is 42.9 cm³/mol. The molecule has 0 spiro atoms. The number of thiol groups is 2. The maximum atomic E-state index is 10.8. The van der Waals surface area contributed by atoms with E-state index in [0.717, 1.165) is 12.8 Å². The maximum Gasteiger partial charge on any atom is 0.233 e. The molecule has 52 valence electrons. The summed E-state index contributed by atoms with van der Waals surface area (Å²) in [6.45, 7) is 0. The van der Waals surface area contributed by atoms with Crippen molar-refractivity contribution in [2.24, 2.45) is 0 Å². The summed E-state index contributed by atoms with van der Waals surface area (Å²) in [4.78, 5) is 10.8. The molecule has 1 heterocycles. The lowest BCUT2D eigenvalue weighted by Gasteiger charge is -2.22. The summed E-state index contributed by atoms with van der Waals surface area (Å²) in [5.74, 6) is 0.00424. The van der Waals surface area contributed by atoms with Gasteiger partial charge in [-0.05, 0) is 12.8 Å². The van der Waals surface area contributed by atoms with Crippen LogP contribution in [0.15, 0.2) is 0 Å². The molecule has 0 radical (unpaired) electrons. The molecule has 1 fully saturated rings. The van der Waals surface area contributed by atoms with Crippen molar-refractivity contribution in [2.45, 2.75) is 23.5 Å². The van der Waals surface area contributed by atoms with Crippen molar-refractivity contribution < 1.29 is 4.79 Å². The molecule has 1 N–H and O–H groups in total. The predicted octanol–water partition coefficient (Wildman–Crippen LogP) is 0.451. The lowest BCUT2D eigenvalue weighted by atomic mass is 10.1. The molecule has 0 saturated carbocycles. The highest BCUT2D eigenvalue weighted by atomic mass is 32.1. The second-order valence-corrected chi connectivity index (χ2v) is 3.36. The van der Waals surface area contributed by atoms with Crippen molar-refractivity contribution in [3.8, 4) is 0 Å². The number of hydrogen-bond donors (Lipinski definition) is 3. The molecule has 9 heavy (non-hydrogen) atoms. The molecule has 0 aromatic heterocycles. The van der Waals surface area contributed by atoms with Crippen molar-refractivity contribution in [1.29, 1.82) is 0 Å². The molecule has 4 heteroatoms. The van der Waals surface area contributed by atoms with E-state index < -0.39 is 0 Å². The van der Waals surface area contributed by atoms with Gasteiger partial charge in [0.1, 0.15) is 0 Å². The molecule has 0 aromatic carbocycles. The van der Waals surface area contributed by atoms with Crippen LogP contribution in [0.2, 0.25) is 0 Å². The number of rotatable bonds is 0. The average molecular weight is 163 g/mol. The van der Waals surface area contributed by atoms with Crippen LogP contribution in [0.3, 0.4) is 0 Å². The van der Waals surface area contributed by atoms with Crippen molar-refractivity contribution in [2.75, 3.05) is 0 Å². The van der Waals surface area contributed by atoms with Gasteiger partial charge >= 0.3 is 0 Å². The number of piperidine rings is 1. The van der Waals surface area contributed by atoms with Crippen LogP contribution in [0.4, 0.5) is 0 Å². The normalized spacial score (nSPS) is 36.0. The van der Waals surface area contributed by atoms with Crippen molar-refractivity contribution in [3.05, 3.63) is 0 Å². The molecule has 1 saturated heterocycles. The van der Waals surface area contributed by atoms with Gasteiger partial charge in [0.15, 0.2) is 0 Å². The summed E-state index contributed by atoms with van der Waals surface area (Å²) >= 11 is 8.15. The van der Waals surface area contributed by atoms with Crippen LogP contribution in [0.5, 0.6) is 0 Å². The Balaban J connectivity index is 2.44. The number of nitrogens with one attached hydrogen (secondary N) is 1. The van der Waals surface area contributed by atoms with Crippen LogP contribution >= 0.6 is 25.3 Å². The van der Waals surface area contributed by atoms with Gasteiger partial charge in [-0.2, -0.15) is 25.3 Å². The minimum atomic E-state index is -0.117. The fourth-order valence-corrected chi connectivity index (χ4v) is 1.28. The van der Waals surface area contributed by atoms with Gasteiger partial charge in [0.05, 0.1) is 10.6 Å². The van der Waals surface area contributed by atoms with E-state index in [1.807, 2.05) is 0 Å². The van der Waals surface area contributed by atoms with Crippen LogP contribution in [-0.4, -0.2) is 16.5 Å². The molecule has 2 atom stereocenters. The average Bonchev–Trinajstić information content (AvgIpc) is 1.80. The van der Waals surface area contributed by atoms with E-state index in [4.69, 9.17) is 0 Å². The summed E-state index contributed by atoms with van der Waals surface area (Å²) in [6.07, 6.45) is 1.76. The lowest BCUT2D eigenvalue weighted by Crippen LogP contribution is -2.41. The molecule has 1 aliphatic heterocycles. The zero-order valence-electron chi connectivity index (χ0n) is 4.87. The van der Waals surface area contributed by atoms with Crippen molar-refractivity contribution in [1.82, 2.24) is 5.32 Å². The number of hydrogen-bond acceptors (Lipinski definition) is 3. The molecule has 2 unspecified atom stereocenters. The van der Waals surface area contributed by atoms with E-state index in [2.05, 4.69) is 30.6 Å². The topological polar surface area (TPSA) is 29.1 Å². The Kier molecular flexibility index (Phi) is 2.29. The fraction of sp³-hybridized carbons (Fsp3) is 0.800. The number of carbonyl (C=O) groups excluding carboxylic acids is 1. The van der Waals surface area contributed by atoms with Crippen LogP contribution in [0.1, 0.15) is 12.8 Å². The summed E-state index contributed by atoms with van der Waals surface area (Å²) < 4.78 is 0. The molecule has 0 aromatic rings. The Morgan fingerprint density at radius 3 is 2.56 bits per heavy atom. The first-order chi connectivity index (χ1) is 4.20. The summed E-state index contributed by atoms with van der Waals surface area (Å²) in [7, 11) is 0. The Morgan fingerprint density at radius 2 is 2.11 bits per heavy atom. The molecular formula is C5H9NOS2. The summed E-state index contributed by atoms with van der Waals surface area (Å²) in [5, 5.41) is 2.60. The minimum absolute atomic E-state index is 0.00424. The van der Waals surface area contributed by atoms with Crippen LogP contribution in [0, 0.1) is 0 Å². The molecule has 1 amide bonds. The van der Waals surface area contributed by atoms with Gasteiger partial charge in [-0.15, -0.1) is 0 Å². The molecule has 0 bridgehead atoms. The van der Waals surface area contributed by atoms with Gasteiger partial charge < -0.3 is 5.32 Å². The fourth-order valence-electron chi connectivity index (χ4n) is 0.779. The number of amides is 1. The molecule has 1 rings (SSSR count). The van der Waals surface area contributed by atoms with Gasteiger partial charge in [0.25, 0.3) is 0 Å². The van der Waals surface area contributed by atoms with Crippen LogP contribution < -0.4 is 5.32 Å². The first-order valence-corrected chi connectivity index (χ1v) is 3.90. The Morgan fingerprint density at radius 1 is 1.44 bits per heavy atom. The van der Waals surface area contributed by atoms with E-state index in [1.54, 1.807) is 0 Å². The second kappa shape index (κ2) is 2.84. The highest BCUT2D eigenvalue weighted by Crippen LogP contribution is 2.15. The van der Waals surface area contributed by atoms with Gasteiger partial charge in [0.2, 0.25) is 5.91 Å². The first kappa shape index (κ1) is 7.28. The van der Waals surface area contributed by atoms with Crippen LogP contribution in [-0.2, 0) is 4.79 Å². The maximum absolute atomic E-state index is 10.8. The Labute approximate surface area is 65.2 Å². The third kappa shape index (κ3) is 1.79. The highest BCUT2D eigenvalue weighted by Gasteiger charge is 2.22. The van der Waals surface area contributed by atoms with E-state index in [0.29, 0.717) is 0 Å². The second-order valence-electron chi connectivity index (χ2n) is 2.12. The monoisotopic (exact) mass is 163 g/mol. The third-order valence-corrected chi connectivity index (χ3v) is 2.21. The molecular weight excluding hydrogens is 154 g/mol. The Hall–Kier alpha value is 0.170. The van der Waals surface area contributed by atoms with Crippen molar-refractivity contribution in [3.63, 3.8) is 0 Å². The number of carbonyl (C=O) groups is 1. The molecule has 0 aliphatic carbocycles. The van der Waals surface area contributed by atoms with Crippen molar-refractivity contribution >= 4 is 31.2 Å². The SMILES string of the molecule is O=C1NC(S)CCC1S. The summed E-state index contributed by atoms with van der Waals surface area (Å²) in [5.41, 5.74) is 0. The highest BCUT2D eigenvalue weighted by molar-refractivity contribution is 7.82. The van der Waals surface area contributed by atoms with Gasteiger partial charge in [-0.25, -0.2) is 0 Å². The van der Waals surface area contributed by atoms with Gasteiger partial charge in [-0.1, -0.05) is 0 Å².